The molecule has 0 unspecified atom stereocenters. The number of rotatable bonds is 14. The van der Waals surface area contributed by atoms with Gasteiger partial charge < -0.3 is 33.9 Å². The average molecular weight is 586 g/mol. The number of esters is 2. The standard InChI is InChI=1S/C19H27IN2O11/c20-12-10-22(19(28)21-18(12)27)15-9-13(14(11-24)32-15)33-17(26)2-1-16(25)31-8-7-30-6-5-29-4-3-23/h10,13-15,23-24H,1-9,11H2,(H,21,27,28)/t13-,14+,15+/m0/s1. The lowest BCUT2D eigenvalue weighted by Crippen LogP contribution is -2.33. The summed E-state index contributed by atoms with van der Waals surface area (Å²) >= 11 is 1.77. The quantitative estimate of drug-likeness (QED) is 0.134. The van der Waals surface area contributed by atoms with Crippen molar-refractivity contribution in [3.05, 3.63) is 30.6 Å². The van der Waals surface area contributed by atoms with E-state index in [9.17, 15) is 24.3 Å². The minimum atomic E-state index is -0.860. The van der Waals surface area contributed by atoms with Crippen molar-refractivity contribution in [1.29, 1.82) is 0 Å². The molecule has 14 heteroatoms. The second kappa shape index (κ2) is 14.4. The van der Waals surface area contributed by atoms with E-state index in [0.717, 1.165) is 4.57 Å². The maximum absolute atomic E-state index is 12.1. The van der Waals surface area contributed by atoms with Crippen LogP contribution in [0.3, 0.4) is 0 Å². The molecule has 0 amide bonds. The molecule has 0 saturated carbocycles. The summed E-state index contributed by atoms with van der Waals surface area (Å²) in [6.07, 6.45) is -1.55. The molecule has 1 fully saturated rings. The molecule has 2 rings (SSSR count). The summed E-state index contributed by atoms with van der Waals surface area (Å²) < 4.78 is 27.5. The Kier molecular flexibility index (Phi) is 12.0. The number of aromatic amines is 1. The van der Waals surface area contributed by atoms with Crippen molar-refractivity contribution >= 4 is 34.5 Å². The van der Waals surface area contributed by atoms with E-state index in [-0.39, 0.29) is 49.3 Å². The average Bonchev–Trinajstić information content (AvgIpc) is 3.19. The Bertz CT molecular complexity index is 887. The van der Waals surface area contributed by atoms with Crippen LogP contribution in [-0.4, -0.2) is 90.2 Å². The third-order valence-corrected chi connectivity index (χ3v) is 5.28. The van der Waals surface area contributed by atoms with Gasteiger partial charge in [0.15, 0.2) is 0 Å². The number of carbonyl (C=O) groups excluding carboxylic acids is 2. The first-order valence-electron chi connectivity index (χ1n) is 10.2. The van der Waals surface area contributed by atoms with Gasteiger partial charge in [-0.25, -0.2) is 4.79 Å². The van der Waals surface area contributed by atoms with Gasteiger partial charge in [-0.3, -0.25) is 23.9 Å². The fraction of sp³-hybridized carbons (Fsp3) is 0.684. The molecule has 0 spiro atoms. The third kappa shape index (κ3) is 9.13. The zero-order valence-corrected chi connectivity index (χ0v) is 19.9. The number of aliphatic hydroxyl groups excluding tert-OH is 2. The molecule has 1 aliphatic heterocycles. The Balaban J connectivity index is 1.71. The van der Waals surface area contributed by atoms with Crippen LogP contribution in [0, 0.1) is 3.57 Å². The van der Waals surface area contributed by atoms with Crippen LogP contribution < -0.4 is 11.2 Å². The first-order chi connectivity index (χ1) is 15.8. The summed E-state index contributed by atoms with van der Waals surface area (Å²) in [5.41, 5.74) is -1.21. The number of hydrogen-bond donors (Lipinski definition) is 3. The molecule has 1 aromatic rings. The topological polar surface area (TPSA) is 176 Å². The van der Waals surface area contributed by atoms with Gasteiger partial charge in [0, 0.05) is 12.6 Å². The zero-order valence-electron chi connectivity index (χ0n) is 17.8. The number of nitrogens with zero attached hydrogens (tertiary/aromatic N) is 1. The monoisotopic (exact) mass is 586 g/mol. The maximum atomic E-state index is 12.1. The van der Waals surface area contributed by atoms with Crippen LogP contribution in [0.5, 0.6) is 0 Å². The highest BCUT2D eigenvalue weighted by Crippen LogP contribution is 2.30. The van der Waals surface area contributed by atoms with Crippen molar-refractivity contribution in [3.8, 4) is 0 Å². The normalized spacial score (nSPS) is 20.0. The Morgan fingerprint density at radius 3 is 2.45 bits per heavy atom. The van der Waals surface area contributed by atoms with E-state index in [1.54, 1.807) is 22.6 Å². The molecule has 0 aromatic carbocycles. The van der Waals surface area contributed by atoms with Gasteiger partial charge in [-0.15, -0.1) is 0 Å². The molecule has 13 nitrogen and oxygen atoms in total. The van der Waals surface area contributed by atoms with Gasteiger partial charge in [0.1, 0.15) is 25.0 Å². The van der Waals surface area contributed by atoms with Gasteiger partial charge in [-0.1, -0.05) is 0 Å². The van der Waals surface area contributed by atoms with Crippen molar-refractivity contribution in [1.82, 2.24) is 9.55 Å². The number of aromatic nitrogens is 2. The van der Waals surface area contributed by atoms with E-state index < -0.39 is 48.2 Å². The predicted molar refractivity (Wildman–Crippen MR) is 118 cm³/mol. The SMILES string of the molecule is O=C(CCC(=O)O[C@H]1C[C@H](n2cc(I)c(=O)[nH]c2=O)O[C@@H]1CO)OCCOCCOCCO. The molecule has 2 heterocycles. The van der Waals surface area contributed by atoms with E-state index in [2.05, 4.69) is 4.98 Å². The van der Waals surface area contributed by atoms with Crippen LogP contribution in [-0.2, 0) is 33.3 Å². The van der Waals surface area contributed by atoms with Crippen molar-refractivity contribution < 1.29 is 43.5 Å². The molecule has 0 radical (unpaired) electrons. The Morgan fingerprint density at radius 2 is 1.76 bits per heavy atom. The molecule has 1 saturated heterocycles. The van der Waals surface area contributed by atoms with E-state index in [1.165, 1.54) is 6.20 Å². The highest BCUT2D eigenvalue weighted by Gasteiger charge is 2.39. The predicted octanol–water partition coefficient (Wildman–Crippen LogP) is -1.32. The fourth-order valence-electron chi connectivity index (χ4n) is 2.94. The first-order valence-corrected chi connectivity index (χ1v) is 11.3. The first kappa shape index (κ1) is 27.4. The Morgan fingerprint density at radius 1 is 1.09 bits per heavy atom. The maximum Gasteiger partial charge on any atom is 0.330 e. The smallest absolute Gasteiger partial charge is 0.330 e. The number of nitrogens with one attached hydrogen (secondary N) is 1. The summed E-state index contributed by atoms with van der Waals surface area (Å²) in [6, 6.07) is 0. The van der Waals surface area contributed by atoms with E-state index in [0.29, 0.717) is 13.2 Å². The molecule has 0 bridgehead atoms. The second-order valence-corrected chi connectivity index (χ2v) is 8.05. The highest BCUT2D eigenvalue weighted by atomic mass is 127. The molecular weight excluding hydrogens is 559 g/mol. The minimum absolute atomic E-state index is 0.0192. The molecular formula is C19H27IN2O11. The summed E-state index contributed by atoms with van der Waals surface area (Å²) in [5, 5.41) is 18.1. The number of H-pyrrole nitrogens is 1. The van der Waals surface area contributed by atoms with Crippen LogP contribution >= 0.6 is 22.6 Å². The largest absolute Gasteiger partial charge is 0.463 e. The molecule has 33 heavy (non-hydrogen) atoms. The summed E-state index contributed by atoms with van der Waals surface area (Å²) in [6.45, 7) is 0.514. The van der Waals surface area contributed by atoms with Gasteiger partial charge in [0.2, 0.25) is 0 Å². The summed E-state index contributed by atoms with van der Waals surface area (Å²) in [4.78, 5) is 49.6. The molecule has 186 valence electrons. The third-order valence-electron chi connectivity index (χ3n) is 4.51. The molecule has 1 aliphatic rings. The second-order valence-electron chi connectivity index (χ2n) is 6.89. The van der Waals surface area contributed by atoms with Crippen LogP contribution in [0.1, 0.15) is 25.5 Å². The number of aliphatic hydroxyl groups is 2. The van der Waals surface area contributed by atoms with E-state index in [4.69, 9.17) is 28.8 Å². The molecule has 1 aromatic heterocycles. The molecule has 3 atom stereocenters. The van der Waals surface area contributed by atoms with Gasteiger partial charge >= 0.3 is 17.6 Å². The number of hydrogen-bond acceptors (Lipinski definition) is 11. The van der Waals surface area contributed by atoms with Crippen LogP contribution in [0.15, 0.2) is 15.8 Å². The number of ether oxygens (including phenoxy) is 5. The number of halogens is 1. The van der Waals surface area contributed by atoms with Crippen molar-refractivity contribution in [2.24, 2.45) is 0 Å². The fourth-order valence-corrected chi connectivity index (χ4v) is 3.37. The Hall–Kier alpha value is -1.85. The van der Waals surface area contributed by atoms with Gasteiger partial charge in [0.25, 0.3) is 5.56 Å². The van der Waals surface area contributed by atoms with E-state index in [1.807, 2.05) is 0 Å². The van der Waals surface area contributed by atoms with Crippen LogP contribution in [0.2, 0.25) is 0 Å². The highest BCUT2D eigenvalue weighted by molar-refractivity contribution is 14.1. The van der Waals surface area contributed by atoms with Crippen LogP contribution in [0.25, 0.3) is 0 Å². The van der Waals surface area contributed by atoms with Gasteiger partial charge in [0.05, 0.1) is 56.1 Å². The summed E-state index contributed by atoms with van der Waals surface area (Å²) in [7, 11) is 0. The van der Waals surface area contributed by atoms with Crippen molar-refractivity contribution in [2.45, 2.75) is 37.7 Å². The Labute approximate surface area is 202 Å². The van der Waals surface area contributed by atoms with Gasteiger partial charge in [-0.05, 0) is 22.6 Å². The summed E-state index contributed by atoms with van der Waals surface area (Å²) in [5.74, 6) is -1.28. The van der Waals surface area contributed by atoms with Crippen LogP contribution in [0.4, 0.5) is 0 Å². The lowest BCUT2D eigenvalue weighted by molar-refractivity contribution is -0.157. The zero-order chi connectivity index (χ0) is 24.2. The molecule has 3 N–H and O–H groups in total. The lowest BCUT2D eigenvalue weighted by atomic mass is 10.2. The molecule has 0 aliphatic carbocycles. The lowest BCUT2D eigenvalue weighted by Gasteiger charge is -2.16. The van der Waals surface area contributed by atoms with E-state index >= 15 is 0 Å². The van der Waals surface area contributed by atoms with Crippen molar-refractivity contribution in [2.75, 3.05) is 46.2 Å². The van der Waals surface area contributed by atoms with Crippen molar-refractivity contribution in [3.63, 3.8) is 0 Å². The minimum Gasteiger partial charge on any atom is -0.463 e. The number of carbonyl (C=O) groups is 2. The van der Waals surface area contributed by atoms with Gasteiger partial charge in [-0.2, -0.15) is 0 Å².